The second kappa shape index (κ2) is 6.83. The van der Waals surface area contributed by atoms with Crippen molar-refractivity contribution in [1.29, 1.82) is 0 Å². The molecule has 1 aromatic heterocycles. The number of aryl methyl sites for hydroxylation is 1. The third-order valence-corrected chi connectivity index (χ3v) is 4.55. The van der Waals surface area contributed by atoms with E-state index in [1.165, 1.54) is 16.9 Å². The fourth-order valence-corrected chi connectivity index (χ4v) is 3.20. The maximum atomic E-state index is 11.4. The molecule has 1 N–H and O–H groups in total. The lowest BCUT2D eigenvalue weighted by molar-refractivity contribution is 0.0689. The minimum atomic E-state index is -0.952. The van der Waals surface area contributed by atoms with Gasteiger partial charge in [0.05, 0.1) is 4.88 Å². The van der Waals surface area contributed by atoms with Crippen LogP contribution >= 0.6 is 11.3 Å². The van der Waals surface area contributed by atoms with Crippen molar-refractivity contribution in [1.82, 2.24) is 9.88 Å². The number of hydrogen-bond donors (Lipinski definition) is 1. The molecule has 1 heterocycles. The first-order valence-corrected chi connectivity index (χ1v) is 7.89. The molecule has 0 aliphatic heterocycles. The van der Waals surface area contributed by atoms with Crippen LogP contribution in [0, 0.1) is 6.92 Å². The molecule has 1 aromatic carbocycles. The highest BCUT2D eigenvalue weighted by Crippen LogP contribution is 2.29. The number of carbonyl (C=O) groups is 1. The van der Waals surface area contributed by atoms with Crippen LogP contribution in [0.1, 0.15) is 34.8 Å². The summed E-state index contributed by atoms with van der Waals surface area (Å²) in [6, 6.07) is 8.00. The average Bonchev–Trinajstić information content (AvgIpc) is 2.89. The Balaban J connectivity index is 2.36. The van der Waals surface area contributed by atoms with Crippen LogP contribution in [0.2, 0.25) is 0 Å². The van der Waals surface area contributed by atoms with E-state index in [9.17, 15) is 9.90 Å². The molecule has 0 aliphatic carbocycles. The molecule has 0 atom stereocenters. The van der Waals surface area contributed by atoms with Crippen LogP contribution in [0.4, 0.5) is 0 Å². The van der Waals surface area contributed by atoms with Crippen molar-refractivity contribution in [2.75, 3.05) is 13.1 Å². The Morgan fingerprint density at radius 3 is 2.38 bits per heavy atom. The predicted octanol–water partition coefficient (Wildman–Crippen LogP) is 3.66. The molecule has 0 fully saturated rings. The summed E-state index contributed by atoms with van der Waals surface area (Å²) in [5.74, 6) is -0.952. The van der Waals surface area contributed by atoms with Gasteiger partial charge in [-0.15, -0.1) is 11.3 Å². The van der Waals surface area contributed by atoms with Gasteiger partial charge in [-0.05, 0) is 20.0 Å². The Kier molecular flexibility index (Phi) is 5.09. The molecule has 0 radical (unpaired) electrons. The van der Waals surface area contributed by atoms with Crippen LogP contribution in [0.15, 0.2) is 24.3 Å². The predicted molar refractivity (Wildman–Crippen MR) is 85.9 cm³/mol. The molecule has 2 rings (SSSR count). The third kappa shape index (κ3) is 3.68. The molecular weight excluding hydrogens is 284 g/mol. The van der Waals surface area contributed by atoms with Crippen molar-refractivity contribution >= 4 is 17.3 Å². The van der Waals surface area contributed by atoms with Gasteiger partial charge < -0.3 is 5.11 Å². The van der Waals surface area contributed by atoms with E-state index >= 15 is 0 Å². The molecule has 0 aliphatic rings. The fraction of sp³-hybridized carbons (Fsp3) is 0.375. The molecule has 4 nitrogen and oxygen atoms in total. The van der Waals surface area contributed by atoms with E-state index in [2.05, 4.69) is 23.7 Å². The Hall–Kier alpha value is -1.72. The number of benzene rings is 1. The zero-order chi connectivity index (χ0) is 15.4. The SMILES string of the molecule is CCN(CC)Cc1sc(-c2ccc(C)cc2)nc1C(=O)O. The first kappa shape index (κ1) is 15.7. The number of aromatic carboxylic acids is 1. The van der Waals surface area contributed by atoms with Gasteiger partial charge in [0.2, 0.25) is 0 Å². The van der Waals surface area contributed by atoms with E-state index < -0.39 is 5.97 Å². The van der Waals surface area contributed by atoms with Crippen molar-refractivity contribution in [3.05, 3.63) is 40.4 Å². The number of rotatable bonds is 6. The topological polar surface area (TPSA) is 53.4 Å². The van der Waals surface area contributed by atoms with Gasteiger partial charge in [0.1, 0.15) is 5.01 Å². The standard InChI is InChI=1S/C16H20N2O2S/c1-4-18(5-2)10-13-14(16(19)20)17-15(21-13)12-8-6-11(3)7-9-12/h6-9H,4-5,10H2,1-3H3,(H,19,20). The van der Waals surface area contributed by atoms with Crippen molar-refractivity contribution in [3.63, 3.8) is 0 Å². The van der Waals surface area contributed by atoms with E-state index in [1.807, 2.05) is 31.2 Å². The zero-order valence-electron chi connectivity index (χ0n) is 12.6. The molecule has 0 bridgehead atoms. The van der Waals surface area contributed by atoms with Gasteiger partial charge in [-0.2, -0.15) is 0 Å². The molecule has 0 amide bonds. The van der Waals surface area contributed by atoms with E-state index in [4.69, 9.17) is 0 Å². The van der Waals surface area contributed by atoms with Gasteiger partial charge in [0.25, 0.3) is 0 Å². The number of aromatic nitrogens is 1. The first-order valence-electron chi connectivity index (χ1n) is 7.07. The minimum Gasteiger partial charge on any atom is -0.476 e. The zero-order valence-corrected chi connectivity index (χ0v) is 13.4. The molecule has 5 heteroatoms. The van der Waals surface area contributed by atoms with Gasteiger partial charge in [-0.1, -0.05) is 43.7 Å². The summed E-state index contributed by atoms with van der Waals surface area (Å²) in [7, 11) is 0. The number of nitrogens with zero attached hydrogens (tertiary/aromatic N) is 2. The van der Waals surface area contributed by atoms with Crippen molar-refractivity contribution in [2.24, 2.45) is 0 Å². The Labute approximate surface area is 129 Å². The van der Waals surface area contributed by atoms with E-state index in [0.717, 1.165) is 28.5 Å². The minimum absolute atomic E-state index is 0.183. The summed E-state index contributed by atoms with van der Waals surface area (Å²) in [6.45, 7) is 8.61. The second-order valence-corrected chi connectivity index (χ2v) is 6.01. The van der Waals surface area contributed by atoms with Crippen molar-refractivity contribution in [3.8, 4) is 10.6 Å². The van der Waals surface area contributed by atoms with Gasteiger partial charge >= 0.3 is 5.97 Å². The maximum absolute atomic E-state index is 11.4. The van der Waals surface area contributed by atoms with Crippen LogP contribution in [0.3, 0.4) is 0 Å². The molecule has 0 spiro atoms. The smallest absolute Gasteiger partial charge is 0.355 e. The van der Waals surface area contributed by atoms with Crippen molar-refractivity contribution < 1.29 is 9.90 Å². The summed E-state index contributed by atoms with van der Waals surface area (Å²) >= 11 is 1.47. The van der Waals surface area contributed by atoms with Gasteiger partial charge in [-0.25, -0.2) is 9.78 Å². The van der Waals surface area contributed by atoms with E-state index in [0.29, 0.717) is 6.54 Å². The van der Waals surface area contributed by atoms with Crippen molar-refractivity contribution in [2.45, 2.75) is 27.3 Å². The number of hydrogen-bond acceptors (Lipinski definition) is 4. The molecular formula is C16H20N2O2S. The number of thiazole rings is 1. The van der Waals surface area contributed by atoms with Gasteiger partial charge in [0.15, 0.2) is 5.69 Å². The molecule has 112 valence electrons. The fourth-order valence-electron chi connectivity index (χ4n) is 2.10. The maximum Gasteiger partial charge on any atom is 0.355 e. The van der Waals surface area contributed by atoms with Crippen LogP contribution in [-0.2, 0) is 6.54 Å². The first-order chi connectivity index (χ1) is 10.0. The van der Waals surface area contributed by atoms with E-state index in [-0.39, 0.29) is 5.69 Å². The lowest BCUT2D eigenvalue weighted by Gasteiger charge is -2.16. The third-order valence-electron chi connectivity index (χ3n) is 3.46. The highest BCUT2D eigenvalue weighted by molar-refractivity contribution is 7.15. The number of carboxylic acids is 1. The van der Waals surface area contributed by atoms with Crippen LogP contribution in [0.25, 0.3) is 10.6 Å². The lowest BCUT2D eigenvalue weighted by Crippen LogP contribution is -2.22. The molecule has 0 saturated carbocycles. The molecule has 0 saturated heterocycles. The average molecular weight is 304 g/mol. The highest BCUT2D eigenvalue weighted by atomic mass is 32.1. The Morgan fingerprint density at radius 2 is 1.86 bits per heavy atom. The normalized spacial score (nSPS) is 11.0. The van der Waals surface area contributed by atoms with Crippen LogP contribution in [0.5, 0.6) is 0 Å². The van der Waals surface area contributed by atoms with Crippen LogP contribution in [-0.4, -0.2) is 34.0 Å². The van der Waals surface area contributed by atoms with Gasteiger partial charge in [-0.3, -0.25) is 4.90 Å². The summed E-state index contributed by atoms with van der Waals surface area (Å²) < 4.78 is 0. The van der Waals surface area contributed by atoms with Gasteiger partial charge in [0, 0.05) is 12.1 Å². The Bertz CT molecular complexity index is 616. The summed E-state index contributed by atoms with van der Waals surface area (Å²) in [6.07, 6.45) is 0. The number of carboxylic acid groups (broad SMARTS) is 1. The highest BCUT2D eigenvalue weighted by Gasteiger charge is 2.19. The molecule has 2 aromatic rings. The second-order valence-electron chi connectivity index (χ2n) is 4.92. The molecule has 21 heavy (non-hydrogen) atoms. The summed E-state index contributed by atoms with van der Waals surface area (Å²) in [5, 5.41) is 10.1. The summed E-state index contributed by atoms with van der Waals surface area (Å²) in [5.41, 5.74) is 2.33. The lowest BCUT2D eigenvalue weighted by atomic mass is 10.2. The largest absolute Gasteiger partial charge is 0.476 e. The quantitative estimate of drug-likeness (QED) is 0.885. The molecule has 0 unspecified atom stereocenters. The summed E-state index contributed by atoms with van der Waals surface area (Å²) in [4.78, 5) is 18.7. The van der Waals surface area contributed by atoms with E-state index in [1.54, 1.807) is 0 Å². The van der Waals surface area contributed by atoms with Crippen LogP contribution < -0.4 is 0 Å². The Morgan fingerprint density at radius 1 is 1.24 bits per heavy atom. The monoisotopic (exact) mass is 304 g/mol.